The predicted molar refractivity (Wildman–Crippen MR) is 149 cm³/mol. The van der Waals surface area contributed by atoms with Crippen molar-refractivity contribution in [1.82, 2.24) is 15.0 Å². The number of hydrogen-bond donors (Lipinski definition) is 1. The highest BCUT2D eigenvalue weighted by molar-refractivity contribution is 14.1. The summed E-state index contributed by atoms with van der Waals surface area (Å²) in [5.74, 6) is -2.60. The Morgan fingerprint density at radius 1 is 0.951 bits per heavy atom. The number of primary sulfonamides is 1. The number of thioether (sulfide) groups is 1. The van der Waals surface area contributed by atoms with Crippen LogP contribution in [-0.2, 0) is 58.6 Å². The van der Waals surface area contributed by atoms with Crippen LogP contribution in [0.3, 0.4) is 0 Å². The molecule has 41 heavy (non-hydrogen) atoms. The van der Waals surface area contributed by atoms with Gasteiger partial charge in [0, 0.05) is 33.4 Å². The minimum Gasteiger partial charge on any atom is -0.463 e. The number of nitrogens with zero attached hydrogens (tertiary/aromatic N) is 3. The molecular weight excluding hydrogens is 699 g/mol. The molecule has 3 rings (SSSR count). The molecule has 0 radical (unpaired) electrons. The fourth-order valence-corrected chi connectivity index (χ4v) is 6.40. The first-order valence-electron chi connectivity index (χ1n) is 11.8. The number of aromatic nitrogens is 3. The van der Waals surface area contributed by atoms with Crippen molar-refractivity contribution in [2.45, 2.75) is 68.2 Å². The predicted octanol–water partition coefficient (Wildman–Crippen LogP) is 0.836. The Labute approximate surface area is 252 Å². The number of esters is 4. The Morgan fingerprint density at radius 2 is 1.51 bits per heavy atom. The molecule has 1 aromatic heterocycles. The number of sulfonamides is 1. The topological polar surface area (TPSA) is 205 Å². The van der Waals surface area contributed by atoms with Crippen LogP contribution in [0, 0.1) is 3.70 Å². The number of carbonyl (C=O) groups excluding carboxylic acids is 4. The van der Waals surface area contributed by atoms with Gasteiger partial charge in [-0.2, -0.15) is 0 Å². The Bertz CT molecular complexity index is 1400. The summed E-state index contributed by atoms with van der Waals surface area (Å²) in [5.41, 5.74) is 0.0439. The van der Waals surface area contributed by atoms with Crippen molar-refractivity contribution in [2.24, 2.45) is 5.14 Å². The smallest absolute Gasteiger partial charge is 0.303 e. The Morgan fingerprint density at radius 3 is 2.05 bits per heavy atom. The maximum absolute atomic E-state index is 12.0. The van der Waals surface area contributed by atoms with Crippen LogP contribution in [0.2, 0.25) is 0 Å². The summed E-state index contributed by atoms with van der Waals surface area (Å²) in [7, 11) is -3.87. The molecule has 2 aromatic rings. The zero-order valence-electron chi connectivity index (χ0n) is 22.2. The zero-order chi connectivity index (χ0) is 30.5. The van der Waals surface area contributed by atoms with E-state index in [9.17, 15) is 27.6 Å². The van der Waals surface area contributed by atoms with E-state index in [0.717, 1.165) is 32.5 Å². The Hall–Kier alpha value is -2.81. The maximum atomic E-state index is 12.0. The van der Waals surface area contributed by atoms with Gasteiger partial charge in [0.15, 0.2) is 18.3 Å². The van der Waals surface area contributed by atoms with E-state index in [2.05, 4.69) is 10.3 Å². The van der Waals surface area contributed by atoms with Gasteiger partial charge in [-0.1, -0.05) is 5.21 Å². The number of halogens is 1. The van der Waals surface area contributed by atoms with E-state index in [1.165, 1.54) is 35.9 Å². The number of benzene rings is 1. The molecule has 2 N–H and O–H groups in total. The van der Waals surface area contributed by atoms with Crippen molar-refractivity contribution in [1.29, 1.82) is 0 Å². The van der Waals surface area contributed by atoms with Gasteiger partial charge in [-0.3, -0.25) is 19.2 Å². The van der Waals surface area contributed by atoms with Crippen molar-refractivity contribution in [3.05, 3.63) is 33.7 Å². The molecule has 18 heteroatoms. The van der Waals surface area contributed by atoms with Crippen LogP contribution in [0.25, 0.3) is 5.69 Å². The summed E-state index contributed by atoms with van der Waals surface area (Å²) >= 11 is 3.15. The summed E-state index contributed by atoms with van der Waals surface area (Å²) in [6.45, 7) is 4.30. The van der Waals surface area contributed by atoms with E-state index in [1.807, 2.05) is 22.6 Å². The van der Waals surface area contributed by atoms with Gasteiger partial charge in [0.25, 0.3) is 0 Å². The fraction of sp³-hybridized carbons (Fsp3) is 0.478. The lowest BCUT2D eigenvalue weighted by atomic mass is 9.99. The standard InChI is InChI=1S/C23H27IN4O11S2/c1-11(29)35-9-18-19(36-12(2)30)20(37-13(3)31)21(38-14(4)32)23(39-18)40-10-17-22(24)28(27-26-17)15-5-7-16(8-6-15)41(25,33)34/h5-8,18-21,23H,9-10H2,1-4H3,(H2,25,33,34)/t18-,19+,20+,21-,23+/m1/s1. The van der Waals surface area contributed by atoms with Gasteiger partial charge in [0.05, 0.1) is 10.6 Å². The minimum atomic E-state index is -3.87. The molecule has 15 nitrogen and oxygen atoms in total. The highest BCUT2D eigenvalue weighted by Gasteiger charge is 2.52. The van der Waals surface area contributed by atoms with Gasteiger partial charge in [-0.05, 0) is 46.9 Å². The average Bonchev–Trinajstić information content (AvgIpc) is 3.23. The summed E-state index contributed by atoms with van der Waals surface area (Å²) in [6, 6.07) is 5.72. The van der Waals surface area contributed by atoms with Gasteiger partial charge in [-0.25, -0.2) is 18.2 Å². The second-order valence-electron chi connectivity index (χ2n) is 8.66. The van der Waals surface area contributed by atoms with Gasteiger partial charge >= 0.3 is 23.9 Å². The third kappa shape index (κ3) is 8.84. The summed E-state index contributed by atoms with van der Waals surface area (Å²) in [6.07, 6.45) is -4.81. The van der Waals surface area contributed by atoms with Crippen molar-refractivity contribution >= 4 is 68.3 Å². The first-order chi connectivity index (χ1) is 19.2. The van der Waals surface area contributed by atoms with E-state index in [1.54, 1.807) is 0 Å². The van der Waals surface area contributed by atoms with Crippen LogP contribution in [-0.4, -0.2) is 83.7 Å². The normalized spacial score (nSPS) is 22.4. The molecule has 1 aliphatic rings. The lowest BCUT2D eigenvalue weighted by molar-refractivity contribution is -0.237. The third-order valence-electron chi connectivity index (χ3n) is 5.42. The van der Waals surface area contributed by atoms with Gasteiger partial charge < -0.3 is 23.7 Å². The molecule has 0 saturated carbocycles. The second-order valence-corrected chi connectivity index (χ2v) is 12.3. The molecule has 0 unspecified atom stereocenters. The quantitative estimate of drug-likeness (QED) is 0.205. The van der Waals surface area contributed by atoms with E-state index >= 15 is 0 Å². The molecule has 5 atom stereocenters. The van der Waals surface area contributed by atoms with Crippen molar-refractivity contribution in [3.63, 3.8) is 0 Å². The van der Waals surface area contributed by atoms with E-state index in [4.69, 9.17) is 28.8 Å². The van der Waals surface area contributed by atoms with Crippen LogP contribution in [0.4, 0.5) is 0 Å². The lowest BCUT2D eigenvalue weighted by Crippen LogP contribution is -2.61. The Balaban J connectivity index is 1.89. The van der Waals surface area contributed by atoms with Crippen molar-refractivity contribution in [2.75, 3.05) is 6.61 Å². The number of ether oxygens (including phenoxy) is 5. The average molecular weight is 727 g/mol. The number of carbonyl (C=O) groups is 4. The molecule has 1 aromatic carbocycles. The van der Waals surface area contributed by atoms with Crippen LogP contribution in [0.5, 0.6) is 0 Å². The molecule has 1 fully saturated rings. The van der Waals surface area contributed by atoms with Gasteiger partial charge in [-0.15, -0.1) is 16.9 Å². The Kier molecular flexibility index (Phi) is 11.1. The van der Waals surface area contributed by atoms with Crippen LogP contribution in [0.1, 0.15) is 33.4 Å². The molecule has 1 aliphatic heterocycles. The molecule has 0 amide bonds. The van der Waals surface area contributed by atoms with E-state index in [-0.39, 0.29) is 17.3 Å². The van der Waals surface area contributed by atoms with E-state index < -0.39 is 63.8 Å². The van der Waals surface area contributed by atoms with E-state index in [0.29, 0.717) is 15.1 Å². The number of rotatable bonds is 10. The summed E-state index contributed by atoms with van der Waals surface area (Å²) < 4.78 is 52.6. The van der Waals surface area contributed by atoms with Crippen LogP contribution in [0.15, 0.2) is 29.2 Å². The molecule has 0 aliphatic carbocycles. The van der Waals surface area contributed by atoms with Crippen LogP contribution < -0.4 is 5.14 Å². The first kappa shape index (κ1) is 32.7. The number of nitrogens with two attached hydrogens (primary N) is 1. The van der Waals surface area contributed by atoms with Crippen molar-refractivity contribution < 1.29 is 51.3 Å². The molecule has 224 valence electrons. The SMILES string of the molecule is CC(=O)OC[C@H]1O[C@@H](SCc2nnn(-c3ccc(S(N)(=O)=O)cc3)c2I)[C@H](OC(C)=O)[C@@H](OC(C)=O)[C@H]1OC(C)=O. The molecule has 2 heterocycles. The highest BCUT2D eigenvalue weighted by Crippen LogP contribution is 2.36. The molecule has 1 saturated heterocycles. The second kappa shape index (κ2) is 13.9. The zero-order valence-corrected chi connectivity index (χ0v) is 26.0. The fourth-order valence-electron chi connectivity index (χ4n) is 3.82. The summed E-state index contributed by atoms with van der Waals surface area (Å²) in [4.78, 5) is 47.3. The molecule has 0 bridgehead atoms. The lowest BCUT2D eigenvalue weighted by Gasteiger charge is -2.44. The first-order valence-corrected chi connectivity index (χ1v) is 15.5. The molecular formula is C23H27IN4O11S2. The number of hydrogen-bond acceptors (Lipinski definition) is 14. The minimum absolute atomic E-state index is 0.0594. The van der Waals surface area contributed by atoms with Crippen LogP contribution >= 0.6 is 34.4 Å². The third-order valence-corrected chi connectivity index (χ3v) is 8.58. The maximum Gasteiger partial charge on any atom is 0.303 e. The summed E-state index contributed by atoms with van der Waals surface area (Å²) in [5, 5.41) is 13.5. The molecule has 0 spiro atoms. The van der Waals surface area contributed by atoms with Crippen molar-refractivity contribution in [3.8, 4) is 5.69 Å². The van der Waals surface area contributed by atoms with Gasteiger partial charge in [0.1, 0.15) is 27.5 Å². The monoisotopic (exact) mass is 726 g/mol. The highest BCUT2D eigenvalue weighted by atomic mass is 127. The largest absolute Gasteiger partial charge is 0.463 e. The van der Waals surface area contributed by atoms with Gasteiger partial charge in [0.2, 0.25) is 10.0 Å².